The predicted molar refractivity (Wildman–Crippen MR) is 55.1 cm³/mol. The van der Waals surface area contributed by atoms with Gasteiger partial charge in [0.15, 0.2) is 0 Å². The third-order valence-electron chi connectivity index (χ3n) is 2.28. The number of rotatable bonds is 5. The summed E-state index contributed by atoms with van der Waals surface area (Å²) in [7, 11) is 0. The second kappa shape index (κ2) is 5.82. The van der Waals surface area contributed by atoms with E-state index in [4.69, 9.17) is 5.11 Å². The monoisotopic (exact) mass is 212 g/mol. The van der Waals surface area contributed by atoms with Gasteiger partial charge in [-0.25, -0.2) is 0 Å². The summed E-state index contributed by atoms with van der Waals surface area (Å²) in [4.78, 5) is 0. The van der Waals surface area contributed by atoms with Gasteiger partial charge in [-0.15, -0.1) is 0 Å². The summed E-state index contributed by atoms with van der Waals surface area (Å²) in [5.41, 5.74) is 0.544. The molecule has 0 unspecified atom stereocenters. The smallest absolute Gasteiger partial charge is 0.110 e. The fourth-order valence-electron chi connectivity index (χ4n) is 1.36. The fourth-order valence-corrected chi connectivity index (χ4v) is 1.36. The number of hydrogen-bond acceptors (Lipinski definition) is 4. The van der Waals surface area contributed by atoms with Crippen LogP contribution in [0.2, 0.25) is 0 Å². The maximum absolute atomic E-state index is 9.69. The molecule has 0 amide bonds. The van der Waals surface area contributed by atoms with Crippen molar-refractivity contribution in [3.63, 3.8) is 0 Å². The molecular weight excluding hydrogens is 196 g/mol. The fraction of sp³-hybridized carbons (Fsp3) is 0.455. The Hall–Kier alpha value is -0.940. The van der Waals surface area contributed by atoms with Crippen molar-refractivity contribution in [1.29, 1.82) is 0 Å². The van der Waals surface area contributed by atoms with Crippen LogP contribution in [0.4, 0.5) is 0 Å². The SMILES string of the molecule is OCC[C@@H](O)[C@@H](O)[C@H](O)c1ccccc1. The van der Waals surface area contributed by atoms with Gasteiger partial charge >= 0.3 is 0 Å². The zero-order chi connectivity index (χ0) is 11.3. The van der Waals surface area contributed by atoms with E-state index >= 15 is 0 Å². The number of benzene rings is 1. The first-order valence-corrected chi connectivity index (χ1v) is 4.87. The first-order chi connectivity index (χ1) is 7.16. The molecule has 0 heterocycles. The third kappa shape index (κ3) is 3.28. The van der Waals surface area contributed by atoms with Crippen LogP contribution in [0.5, 0.6) is 0 Å². The largest absolute Gasteiger partial charge is 0.396 e. The molecule has 1 aromatic rings. The van der Waals surface area contributed by atoms with Crippen molar-refractivity contribution in [3.8, 4) is 0 Å². The minimum Gasteiger partial charge on any atom is -0.396 e. The van der Waals surface area contributed by atoms with Gasteiger partial charge in [0, 0.05) is 6.61 Å². The molecule has 0 aliphatic heterocycles. The Bertz CT molecular complexity index is 275. The summed E-state index contributed by atoms with van der Waals surface area (Å²) in [6.45, 7) is -0.222. The Morgan fingerprint density at radius 1 is 1.00 bits per heavy atom. The van der Waals surface area contributed by atoms with Gasteiger partial charge in [0.2, 0.25) is 0 Å². The minimum absolute atomic E-state index is 0.0467. The highest BCUT2D eigenvalue weighted by Crippen LogP contribution is 2.19. The molecule has 3 atom stereocenters. The molecule has 0 fully saturated rings. The lowest BCUT2D eigenvalue weighted by atomic mass is 9.99. The topological polar surface area (TPSA) is 80.9 Å². The maximum Gasteiger partial charge on any atom is 0.110 e. The second-order valence-electron chi connectivity index (χ2n) is 3.43. The highest BCUT2D eigenvalue weighted by molar-refractivity contribution is 5.18. The van der Waals surface area contributed by atoms with Gasteiger partial charge in [-0.2, -0.15) is 0 Å². The number of aliphatic hydroxyl groups excluding tert-OH is 4. The molecule has 0 bridgehead atoms. The molecule has 1 rings (SSSR count). The molecule has 1 aromatic carbocycles. The van der Waals surface area contributed by atoms with Gasteiger partial charge in [-0.05, 0) is 12.0 Å². The Morgan fingerprint density at radius 2 is 1.60 bits per heavy atom. The van der Waals surface area contributed by atoms with E-state index in [9.17, 15) is 15.3 Å². The van der Waals surface area contributed by atoms with E-state index in [0.717, 1.165) is 0 Å². The molecule has 4 nitrogen and oxygen atoms in total. The minimum atomic E-state index is -1.28. The Balaban J connectivity index is 2.64. The van der Waals surface area contributed by atoms with Crippen LogP contribution in [-0.4, -0.2) is 39.2 Å². The highest BCUT2D eigenvalue weighted by atomic mass is 16.4. The standard InChI is InChI=1S/C11H16O4/c12-7-6-9(13)11(15)10(14)8-4-2-1-3-5-8/h1-5,9-15H,6-7H2/t9-,10-,11-/m1/s1. The maximum atomic E-state index is 9.69. The van der Waals surface area contributed by atoms with Gasteiger partial charge < -0.3 is 20.4 Å². The lowest BCUT2D eigenvalue weighted by Crippen LogP contribution is -2.32. The van der Waals surface area contributed by atoms with E-state index in [2.05, 4.69) is 0 Å². The van der Waals surface area contributed by atoms with Gasteiger partial charge in [0.1, 0.15) is 12.2 Å². The molecule has 0 saturated heterocycles. The molecule has 0 aromatic heterocycles. The quantitative estimate of drug-likeness (QED) is 0.546. The van der Waals surface area contributed by atoms with Crippen molar-refractivity contribution in [2.45, 2.75) is 24.7 Å². The van der Waals surface area contributed by atoms with Crippen molar-refractivity contribution < 1.29 is 20.4 Å². The van der Waals surface area contributed by atoms with Crippen molar-refractivity contribution >= 4 is 0 Å². The summed E-state index contributed by atoms with van der Waals surface area (Å²) in [6, 6.07) is 8.61. The Labute approximate surface area is 88.4 Å². The van der Waals surface area contributed by atoms with Crippen LogP contribution in [0, 0.1) is 0 Å². The normalized spacial score (nSPS) is 17.1. The van der Waals surface area contributed by atoms with Crippen LogP contribution in [0.25, 0.3) is 0 Å². The van der Waals surface area contributed by atoms with Gasteiger partial charge in [0.25, 0.3) is 0 Å². The molecule has 15 heavy (non-hydrogen) atoms. The zero-order valence-corrected chi connectivity index (χ0v) is 8.32. The molecule has 0 aliphatic carbocycles. The van der Waals surface area contributed by atoms with E-state index in [1.54, 1.807) is 30.3 Å². The van der Waals surface area contributed by atoms with Crippen LogP contribution in [-0.2, 0) is 0 Å². The average Bonchev–Trinajstić information content (AvgIpc) is 2.28. The Morgan fingerprint density at radius 3 is 2.13 bits per heavy atom. The average molecular weight is 212 g/mol. The highest BCUT2D eigenvalue weighted by Gasteiger charge is 2.25. The van der Waals surface area contributed by atoms with E-state index < -0.39 is 18.3 Å². The molecule has 0 radical (unpaired) electrons. The predicted octanol–water partition coefficient (Wildman–Crippen LogP) is -0.176. The van der Waals surface area contributed by atoms with E-state index in [1.807, 2.05) is 0 Å². The molecule has 0 spiro atoms. The molecule has 0 aliphatic rings. The van der Waals surface area contributed by atoms with E-state index in [-0.39, 0.29) is 13.0 Å². The van der Waals surface area contributed by atoms with Crippen LogP contribution >= 0.6 is 0 Å². The van der Waals surface area contributed by atoms with Gasteiger partial charge in [0.05, 0.1) is 6.10 Å². The van der Waals surface area contributed by atoms with E-state index in [0.29, 0.717) is 5.56 Å². The molecule has 84 valence electrons. The van der Waals surface area contributed by atoms with Crippen LogP contribution < -0.4 is 0 Å². The number of aliphatic hydroxyl groups is 4. The van der Waals surface area contributed by atoms with Crippen LogP contribution in [0.1, 0.15) is 18.1 Å². The summed E-state index contributed by atoms with van der Waals surface area (Å²) >= 11 is 0. The van der Waals surface area contributed by atoms with Crippen LogP contribution in [0.3, 0.4) is 0 Å². The van der Waals surface area contributed by atoms with Crippen molar-refractivity contribution in [1.82, 2.24) is 0 Å². The summed E-state index contributed by atoms with van der Waals surface area (Å²) in [6.07, 6.45) is -3.48. The number of hydrogen-bond donors (Lipinski definition) is 4. The lowest BCUT2D eigenvalue weighted by Gasteiger charge is -2.22. The third-order valence-corrected chi connectivity index (χ3v) is 2.28. The summed E-state index contributed by atoms with van der Waals surface area (Å²) in [5.74, 6) is 0. The van der Waals surface area contributed by atoms with Crippen molar-refractivity contribution in [2.75, 3.05) is 6.61 Å². The van der Waals surface area contributed by atoms with Crippen molar-refractivity contribution in [2.24, 2.45) is 0 Å². The first-order valence-electron chi connectivity index (χ1n) is 4.87. The summed E-state index contributed by atoms with van der Waals surface area (Å²) < 4.78 is 0. The van der Waals surface area contributed by atoms with Gasteiger partial charge in [-0.3, -0.25) is 0 Å². The molecule has 4 N–H and O–H groups in total. The van der Waals surface area contributed by atoms with Crippen molar-refractivity contribution in [3.05, 3.63) is 35.9 Å². The van der Waals surface area contributed by atoms with E-state index in [1.165, 1.54) is 0 Å². The zero-order valence-electron chi connectivity index (χ0n) is 8.32. The molecule has 0 saturated carbocycles. The summed E-state index contributed by atoms with van der Waals surface area (Å²) in [5, 5.41) is 37.2. The molecular formula is C11H16O4. The first kappa shape index (κ1) is 12.1. The van der Waals surface area contributed by atoms with Crippen LogP contribution in [0.15, 0.2) is 30.3 Å². The molecule has 4 heteroatoms. The van der Waals surface area contributed by atoms with Gasteiger partial charge in [-0.1, -0.05) is 30.3 Å². The second-order valence-corrected chi connectivity index (χ2v) is 3.43. The Kier molecular flexibility index (Phi) is 4.71. The lowest BCUT2D eigenvalue weighted by molar-refractivity contribution is -0.0671.